The molecule has 0 spiro atoms. The molecule has 0 bridgehead atoms. The molecule has 0 aliphatic carbocycles. The smallest absolute Gasteiger partial charge is 0.102 e. The first-order valence-electron chi connectivity index (χ1n) is 5.97. The zero-order chi connectivity index (χ0) is 13.7. The highest BCUT2D eigenvalue weighted by molar-refractivity contribution is 5.60. The molecule has 3 nitrogen and oxygen atoms in total. The van der Waals surface area contributed by atoms with Crippen LogP contribution in [0.1, 0.15) is 22.3 Å². The van der Waals surface area contributed by atoms with Gasteiger partial charge in [0, 0.05) is 6.54 Å². The van der Waals surface area contributed by atoms with Crippen molar-refractivity contribution in [3.63, 3.8) is 0 Å². The lowest BCUT2D eigenvalue weighted by atomic mass is 10.1. The molecule has 0 aliphatic heterocycles. The average Bonchev–Trinajstić information content (AvgIpc) is 2.45. The third kappa shape index (κ3) is 2.91. The van der Waals surface area contributed by atoms with E-state index in [0.717, 1.165) is 16.8 Å². The molecule has 3 heteroatoms. The second-order valence-corrected chi connectivity index (χ2v) is 4.28. The van der Waals surface area contributed by atoms with Crippen molar-refractivity contribution >= 4 is 5.69 Å². The van der Waals surface area contributed by atoms with Crippen molar-refractivity contribution in [2.75, 3.05) is 5.32 Å². The fraction of sp³-hybridized carbons (Fsp3) is 0.125. The summed E-state index contributed by atoms with van der Waals surface area (Å²) < 4.78 is 0. The van der Waals surface area contributed by atoms with Crippen LogP contribution in [0.3, 0.4) is 0 Å². The minimum Gasteiger partial charge on any atom is -0.380 e. The van der Waals surface area contributed by atoms with E-state index in [9.17, 15) is 0 Å². The summed E-state index contributed by atoms with van der Waals surface area (Å²) in [6, 6.07) is 17.5. The van der Waals surface area contributed by atoms with Crippen LogP contribution >= 0.6 is 0 Å². The van der Waals surface area contributed by atoms with Crippen LogP contribution in [0.15, 0.2) is 42.5 Å². The number of benzene rings is 2. The molecule has 2 aromatic carbocycles. The van der Waals surface area contributed by atoms with Crippen molar-refractivity contribution in [2.24, 2.45) is 0 Å². The van der Waals surface area contributed by atoms with Crippen molar-refractivity contribution < 1.29 is 0 Å². The van der Waals surface area contributed by atoms with Gasteiger partial charge in [0.25, 0.3) is 0 Å². The van der Waals surface area contributed by atoms with E-state index in [-0.39, 0.29) is 0 Å². The first kappa shape index (κ1) is 12.7. The van der Waals surface area contributed by atoms with Crippen molar-refractivity contribution in [3.8, 4) is 12.1 Å². The largest absolute Gasteiger partial charge is 0.380 e. The van der Waals surface area contributed by atoms with Gasteiger partial charge in [-0.05, 0) is 36.2 Å². The molecule has 2 rings (SSSR count). The van der Waals surface area contributed by atoms with E-state index in [1.54, 1.807) is 6.07 Å². The molecule has 19 heavy (non-hydrogen) atoms. The maximum atomic E-state index is 9.15. The molecule has 0 fully saturated rings. The van der Waals surface area contributed by atoms with Gasteiger partial charge in [0.2, 0.25) is 0 Å². The Labute approximate surface area is 112 Å². The van der Waals surface area contributed by atoms with E-state index in [2.05, 4.69) is 17.5 Å². The predicted octanol–water partition coefficient (Wildman–Crippen LogP) is 3.35. The Morgan fingerprint density at radius 2 is 1.84 bits per heavy atom. The molecule has 0 atom stereocenters. The highest BCUT2D eigenvalue weighted by Gasteiger charge is 2.04. The molecule has 0 saturated heterocycles. The standard InChI is InChI=1S/C16H13N3/c1-12-4-2-7-16(15(12)10-18)19-11-14-6-3-5-13(8-14)9-17/h2-8,19H,11H2,1H3. The first-order chi connectivity index (χ1) is 9.24. The number of hydrogen-bond donors (Lipinski definition) is 1. The number of aryl methyl sites for hydroxylation is 1. The van der Waals surface area contributed by atoms with Gasteiger partial charge in [-0.1, -0.05) is 24.3 Å². The second-order valence-electron chi connectivity index (χ2n) is 4.28. The summed E-state index contributed by atoms with van der Waals surface area (Å²) in [7, 11) is 0. The van der Waals surface area contributed by atoms with Crippen LogP contribution in [-0.4, -0.2) is 0 Å². The Bertz CT molecular complexity index is 675. The second kappa shape index (κ2) is 5.71. The minimum atomic E-state index is 0.591. The Hall–Kier alpha value is -2.78. The molecule has 0 aromatic heterocycles. The van der Waals surface area contributed by atoms with E-state index in [1.165, 1.54) is 0 Å². The van der Waals surface area contributed by atoms with Gasteiger partial charge in [-0.2, -0.15) is 10.5 Å². The van der Waals surface area contributed by atoms with E-state index < -0.39 is 0 Å². The lowest BCUT2D eigenvalue weighted by Gasteiger charge is -2.10. The van der Waals surface area contributed by atoms with E-state index in [1.807, 2.05) is 43.3 Å². The lowest BCUT2D eigenvalue weighted by molar-refractivity contribution is 1.14. The zero-order valence-electron chi connectivity index (χ0n) is 10.6. The van der Waals surface area contributed by atoms with Gasteiger partial charge < -0.3 is 5.32 Å². The van der Waals surface area contributed by atoms with Crippen LogP contribution in [0, 0.1) is 29.6 Å². The number of hydrogen-bond acceptors (Lipinski definition) is 3. The van der Waals surface area contributed by atoms with Crippen LogP contribution in [0.4, 0.5) is 5.69 Å². The molecule has 0 radical (unpaired) electrons. The summed E-state index contributed by atoms with van der Waals surface area (Å²) >= 11 is 0. The van der Waals surface area contributed by atoms with Gasteiger partial charge in [0.05, 0.1) is 22.9 Å². The quantitative estimate of drug-likeness (QED) is 0.904. The maximum Gasteiger partial charge on any atom is 0.102 e. The summed E-state index contributed by atoms with van der Waals surface area (Å²) in [6.45, 7) is 2.51. The van der Waals surface area contributed by atoms with Crippen molar-refractivity contribution in [1.82, 2.24) is 0 Å². The molecule has 0 heterocycles. The number of nitrogens with one attached hydrogen (secondary N) is 1. The molecule has 92 valence electrons. The molecule has 0 unspecified atom stereocenters. The highest BCUT2D eigenvalue weighted by atomic mass is 14.9. The predicted molar refractivity (Wildman–Crippen MR) is 74.4 cm³/mol. The summed E-state index contributed by atoms with van der Waals surface area (Å²) in [6.07, 6.45) is 0. The fourth-order valence-corrected chi connectivity index (χ4v) is 1.91. The average molecular weight is 247 g/mol. The fourth-order valence-electron chi connectivity index (χ4n) is 1.91. The maximum absolute atomic E-state index is 9.15. The summed E-state index contributed by atoms with van der Waals surface area (Å²) in [5.74, 6) is 0. The van der Waals surface area contributed by atoms with E-state index >= 15 is 0 Å². The third-order valence-corrected chi connectivity index (χ3v) is 2.92. The number of anilines is 1. The molecule has 2 aromatic rings. The zero-order valence-corrected chi connectivity index (χ0v) is 10.6. The monoisotopic (exact) mass is 247 g/mol. The van der Waals surface area contributed by atoms with Crippen molar-refractivity contribution in [2.45, 2.75) is 13.5 Å². The van der Waals surface area contributed by atoms with Crippen molar-refractivity contribution in [3.05, 3.63) is 64.7 Å². The minimum absolute atomic E-state index is 0.591. The number of nitrogens with zero attached hydrogens (tertiary/aromatic N) is 2. The van der Waals surface area contributed by atoms with Gasteiger partial charge >= 0.3 is 0 Å². The van der Waals surface area contributed by atoms with Gasteiger partial charge in [-0.25, -0.2) is 0 Å². The van der Waals surface area contributed by atoms with Crippen LogP contribution in [0.25, 0.3) is 0 Å². The van der Waals surface area contributed by atoms with Crippen LogP contribution in [0.2, 0.25) is 0 Å². The van der Waals surface area contributed by atoms with Gasteiger partial charge in [-0.3, -0.25) is 0 Å². The molecular weight excluding hydrogens is 234 g/mol. The summed E-state index contributed by atoms with van der Waals surface area (Å²) in [5, 5.41) is 21.2. The molecule has 0 saturated carbocycles. The van der Waals surface area contributed by atoms with Crippen LogP contribution < -0.4 is 5.32 Å². The SMILES string of the molecule is Cc1cccc(NCc2cccc(C#N)c2)c1C#N. The van der Waals surface area contributed by atoms with Gasteiger partial charge in [0.15, 0.2) is 0 Å². The Morgan fingerprint density at radius 3 is 2.58 bits per heavy atom. The Kier molecular flexibility index (Phi) is 3.81. The number of nitriles is 2. The van der Waals surface area contributed by atoms with E-state index in [4.69, 9.17) is 10.5 Å². The van der Waals surface area contributed by atoms with Gasteiger partial charge in [-0.15, -0.1) is 0 Å². The third-order valence-electron chi connectivity index (χ3n) is 2.92. The topological polar surface area (TPSA) is 59.6 Å². The van der Waals surface area contributed by atoms with Crippen LogP contribution in [-0.2, 0) is 6.54 Å². The van der Waals surface area contributed by atoms with Crippen molar-refractivity contribution in [1.29, 1.82) is 10.5 Å². The highest BCUT2D eigenvalue weighted by Crippen LogP contribution is 2.19. The Morgan fingerprint density at radius 1 is 1.05 bits per heavy atom. The summed E-state index contributed by atoms with van der Waals surface area (Å²) in [5.41, 5.74) is 4.11. The van der Waals surface area contributed by atoms with Gasteiger partial charge in [0.1, 0.15) is 6.07 Å². The molecular formula is C16H13N3. The van der Waals surface area contributed by atoms with E-state index in [0.29, 0.717) is 17.7 Å². The number of rotatable bonds is 3. The lowest BCUT2D eigenvalue weighted by Crippen LogP contribution is -2.02. The normalized spacial score (nSPS) is 9.42. The van der Waals surface area contributed by atoms with Crippen LogP contribution in [0.5, 0.6) is 0 Å². The first-order valence-corrected chi connectivity index (χ1v) is 5.97. The molecule has 0 amide bonds. The summed E-state index contributed by atoms with van der Waals surface area (Å²) in [4.78, 5) is 0. The molecule has 1 N–H and O–H groups in total. The Balaban J connectivity index is 2.18. The molecule has 0 aliphatic rings.